The van der Waals surface area contributed by atoms with Crippen molar-refractivity contribution < 1.29 is 9.53 Å². The first-order valence-corrected chi connectivity index (χ1v) is 12.6. The average molecular weight is 445 g/mol. The molecule has 6 heteroatoms. The van der Waals surface area contributed by atoms with Crippen molar-refractivity contribution in [2.75, 3.05) is 39.9 Å². The molecule has 2 saturated heterocycles. The van der Waals surface area contributed by atoms with Crippen molar-refractivity contribution in [3.63, 3.8) is 0 Å². The number of piperidine rings is 2. The molecule has 2 aliphatic rings. The first kappa shape index (κ1) is 25.0. The van der Waals surface area contributed by atoms with Crippen molar-refractivity contribution in [3.8, 4) is 0 Å². The van der Waals surface area contributed by atoms with Gasteiger partial charge >= 0.3 is 0 Å². The third kappa shape index (κ3) is 6.44. The van der Waals surface area contributed by atoms with E-state index in [4.69, 9.17) is 4.74 Å². The summed E-state index contributed by atoms with van der Waals surface area (Å²) in [7, 11) is 1.74. The van der Waals surface area contributed by atoms with E-state index in [0.29, 0.717) is 25.0 Å². The fourth-order valence-electron chi connectivity index (χ4n) is 5.69. The van der Waals surface area contributed by atoms with Crippen LogP contribution in [0.15, 0.2) is 12.2 Å². The molecule has 1 aromatic heterocycles. The van der Waals surface area contributed by atoms with E-state index < -0.39 is 0 Å². The zero-order chi connectivity index (χ0) is 23.1. The van der Waals surface area contributed by atoms with Crippen molar-refractivity contribution >= 4 is 5.91 Å². The van der Waals surface area contributed by atoms with Crippen LogP contribution in [0.2, 0.25) is 0 Å². The topological polar surface area (TPSA) is 50.6 Å². The van der Waals surface area contributed by atoms with Gasteiger partial charge in [0.05, 0.1) is 12.2 Å². The minimum atomic E-state index is 0.278. The smallest absolute Gasteiger partial charge is 0.222 e. The third-order valence-electron chi connectivity index (χ3n) is 7.35. The largest absolute Gasteiger partial charge is 0.385 e. The molecule has 0 aliphatic carbocycles. The molecule has 1 aromatic rings. The predicted molar refractivity (Wildman–Crippen MR) is 130 cm³/mol. The number of hydrogen-bond acceptors (Lipinski definition) is 4. The molecule has 0 radical (unpaired) electrons. The van der Waals surface area contributed by atoms with Crippen LogP contribution in [0, 0.1) is 19.8 Å². The Morgan fingerprint density at radius 2 is 2.00 bits per heavy atom. The number of aryl methyl sites for hydroxylation is 1. The van der Waals surface area contributed by atoms with Crippen LogP contribution in [0.3, 0.4) is 0 Å². The Labute approximate surface area is 195 Å². The number of carbonyl (C=O) groups excluding carboxylic acids is 1. The van der Waals surface area contributed by atoms with Gasteiger partial charge in [-0.05, 0) is 83.9 Å². The van der Waals surface area contributed by atoms with Crippen molar-refractivity contribution in [3.05, 3.63) is 29.1 Å². The van der Waals surface area contributed by atoms with Crippen molar-refractivity contribution in [1.82, 2.24) is 19.6 Å². The van der Waals surface area contributed by atoms with E-state index in [1.165, 1.54) is 50.8 Å². The van der Waals surface area contributed by atoms with Crippen LogP contribution >= 0.6 is 0 Å². The summed E-state index contributed by atoms with van der Waals surface area (Å²) in [5.74, 6) is 0.887. The fraction of sp³-hybridized carbons (Fsp3) is 0.769. The van der Waals surface area contributed by atoms with E-state index in [0.717, 1.165) is 49.4 Å². The van der Waals surface area contributed by atoms with Gasteiger partial charge < -0.3 is 14.5 Å². The first-order valence-electron chi connectivity index (χ1n) is 12.6. The zero-order valence-electron chi connectivity index (χ0n) is 20.9. The predicted octanol–water partition coefficient (Wildman–Crippen LogP) is 4.14. The van der Waals surface area contributed by atoms with Crippen LogP contribution in [0.25, 0.3) is 0 Å². The highest BCUT2D eigenvalue weighted by Crippen LogP contribution is 2.31. The van der Waals surface area contributed by atoms with E-state index >= 15 is 0 Å². The van der Waals surface area contributed by atoms with Crippen LogP contribution in [0.1, 0.15) is 68.8 Å². The van der Waals surface area contributed by atoms with Crippen LogP contribution in [0.5, 0.6) is 0 Å². The molecule has 2 atom stereocenters. The Bertz CT molecular complexity index is 770. The molecule has 3 heterocycles. The zero-order valence-corrected chi connectivity index (χ0v) is 20.9. The highest BCUT2D eigenvalue weighted by atomic mass is 16.5. The SMILES string of the molecule is C=C(C)Cn1nc(C)c(CCC(=O)N(CCCOC)CC2CCCN3CCCCC23)c1C. The molecule has 32 heavy (non-hydrogen) atoms. The number of carbonyl (C=O) groups is 1. The van der Waals surface area contributed by atoms with Crippen LogP contribution in [-0.2, 0) is 22.5 Å². The monoisotopic (exact) mass is 444 g/mol. The Hall–Kier alpha value is -1.66. The van der Waals surface area contributed by atoms with Gasteiger partial charge in [0.1, 0.15) is 0 Å². The molecule has 2 fully saturated rings. The van der Waals surface area contributed by atoms with Crippen LogP contribution in [-0.4, -0.2) is 71.4 Å². The molecule has 2 aliphatic heterocycles. The second-order valence-corrected chi connectivity index (χ2v) is 9.95. The molecular weight excluding hydrogens is 400 g/mol. The van der Waals surface area contributed by atoms with Gasteiger partial charge in [-0.15, -0.1) is 0 Å². The van der Waals surface area contributed by atoms with Gasteiger partial charge in [0.25, 0.3) is 0 Å². The number of allylic oxidation sites excluding steroid dienone is 1. The molecule has 0 bridgehead atoms. The number of aromatic nitrogens is 2. The molecule has 6 nitrogen and oxygen atoms in total. The summed E-state index contributed by atoms with van der Waals surface area (Å²) in [5.41, 5.74) is 4.50. The molecule has 3 rings (SSSR count). The van der Waals surface area contributed by atoms with E-state index in [2.05, 4.69) is 35.3 Å². The number of fused-ring (bicyclic) bond motifs is 1. The summed E-state index contributed by atoms with van der Waals surface area (Å²) in [4.78, 5) is 18.2. The summed E-state index contributed by atoms with van der Waals surface area (Å²) < 4.78 is 7.30. The molecule has 0 N–H and O–H groups in total. The molecule has 2 unspecified atom stereocenters. The lowest BCUT2D eigenvalue weighted by Crippen LogP contribution is -2.51. The highest BCUT2D eigenvalue weighted by Gasteiger charge is 2.34. The normalized spacial score (nSPS) is 21.4. The summed E-state index contributed by atoms with van der Waals surface area (Å²) >= 11 is 0. The minimum Gasteiger partial charge on any atom is -0.385 e. The second-order valence-electron chi connectivity index (χ2n) is 9.95. The Kier molecular flexibility index (Phi) is 9.35. The summed E-state index contributed by atoms with van der Waals surface area (Å²) in [5, 5.41) is 4.68. The Morgan fingerprint density at radius 3 is 2.75 bits per heavy atom. The lowest BCUT2D eigenvalue weighted by atomic mass is 9.83. The second kappa shape index (κ2) is 12.0. The summed E-state index contributed by atoms with van der Waals surface area (Å²) in [6, 6.07) is 0.667. The van der Waals surface area contributed by atoms with Gasteiger partial charge in [-0.1, -0.05) is 18.6 Å². The fourth-order valence-corrected chi connectivity index (χ4v) is 5.69. The average Bonchev–Trinajstić information content (AvgIpc) is 3.03. The van der Waals surface area contributed by atoms with E-state index in [9.17, 15) is 4.79 Å². The van der Waals surface area contributed by atoms with E-state index in [1.807, 2.05) is 11.6 Å². The van der Waals surface area contributed by atoms with Crippen molar-refractivity contribution in [2.24, 2.45) is 5.92 Å². The van der Waals surface area contributed by atoms with Crippen molar-refractivity contribution in [2.45, 2.75) is 84.7 Å². The molecule has 180 valence electrons. The van der Waals surface area contributed by atoms with Crippen LogP contribution < -0.4 is 0 Å². The lowest BCUT2D eigenvalue weighted by molar-refractivity contribution is -0.132. The van der Waals surface area contributed by atoms with Gasteiger partial charge in [0.2, 0.25) is 5.91 Å². The van der Waals surface area contributed by atoms with Gasteiger partial charge in [0.15, 0.2) is 0 Å². The first-order chi connectivity index (χ1) is 15.4. The number of rotatable bonds is 11. The van der Waals surface area contributed by atoms with Gasteiger partial charge in [0, 0.05) is 45.0 Å². The number of ether oxygens (including phenoxy) is 1. The maximum absolute atomic E-state index is 13.4. The standard InChI is InChI=1S/C26H44N4O2/c1-20(2)18-30-22(4)24(21(3)27-30)12-13-26(31)29(16-9-17-32-5)19-23-10-8-15-28-14-7-6-11-25(23)28/h23,25H,1,6-19H2,2-5H3. The number of nitrogens with zero attached hydrogens (tertiary/aromatic N) is 4. The maximum atomic E-state index is 13.4. The number of methoxy groups -OCH3 is 1. The third-order valence-corrected chi connectivity index (χ3v) is 7.35. The van der Waals surface area contributed by atoms with Gasteiger partial charge in [-0.3, -0.25) is 9.48 Å². The Balaban J connectivity index is 1.64. The van der Waals surface area contributed by atoms with E-state index in [1.54, 1.807) is 7.11 Å². The van der Waals surface area contributed by atoms with Crippen molar-refractivity contribution in [1.29, 1.82) is 0 Å². The molecular formula is C26H44N4O2. The quantitative estimate of drug-likeness (QED) is 0.380. The highest BCUT2D eigenvalue weighted by molar-refractivity contribution is 5.76. The van der Waals surface area contributed by atoms with Gasteiger partial charge in [-0.25, -0.2) is 0 Å². The molecule has 0 aromatic carbocycles. The lowest BCUT2D eigenvalue weighted by Gasteiger charge is -2.45. The molecule has 0 spiro atoms. The number of amides is 1. The summed E-state index contributed by atoms with van der Waals surface area (Å²) in [6.07, 6.45) is 8.69. The number of hydrogen-bond donors (Lipinski definition) is 0. The molecule has 0 saturated carbocycles. The maximum Gasteiger partial charge on any atom is 0.222 e. The molecule has 1 amide bonds. The van der Waals surface area contributed by atoms with E-state index in [-0.39, 0.29) is 5.91 Å². The van der Waals surface area contributed by atoms with Gasteiger partial charge in [-0.2, -0.15) is 5.10 Å². The Morgan fingerprint density at radius 1 is 1.22 bits per heavy atom. The van der Waals surface area contributed by atoms with Crippen LogP contribution in [0.4, 0.5) is 0 Å². The summed E-state index contributed by atoms with van der Waals surface area (Å²) in [6.45, 7) is 15.8. The minimum absolute atomic E-state index is 0.278.